The quantitative estimate of drug-likeness (QED) is 0.799. The van der Waals surface area contributed by atoms with Crippen LogP contribution in [0.5, 0.6) is 0 Å². The third-order valence-electron chi connectivity index (χ3n) is 2.83. The second kappa shape index (κ2) is 5.72. The number of nitrogens with zero attached hydrogens (tertiary/aromatic N) is 2. The lowest BCUT2D eigenvalue weighted by atomic mass is 10.2. The number of thiazole rings is 1. The van der Waals surface area contributed by atoms with E-state index in [1.54, 1.807) is 24.5 Å². The van der Waals surface area contributed by atoms with E-state index in [-0.39, 0.29) is 5.56 Å². The number of rotatable bonds is 4. The number of benzene rings is 1. The second-order valence-corrected chi connectivity index (χ2v) is 5.13. The summed E-state index contributed by atoms with van der Waals surface area (Å²) in [4.78, 5) is 19.2. The van der Waals surface area contributed by atoms with Gasteiger partial charge in [-0.1, -0.05) is 12.1 Å². The van der Waals surface area contributed by atoms with Crippen molar-refractivity contribution in [1.82, 2.24) is 9.97 Å². The predicted molar refractivity (Wildman–Crippen MR) is 79.4 cm³/mol. The molecule has 0 atom stereocenters. The minimum atomic E-state index is -1.19. The number of nitrogens with one attached hydrogen (secondary N) is 1. The Morgan fingerprint density at radius 2 is 2.00 bits per heavy atom. The van der Waals surface area contributed by atoms with Crippen LogP contribution in [-0.2, 0) is 0 Å². The first-order chi connectivity index (χ1) is 10.2. The summed E-state index contributed by atoms with van der Waals surface area (Å²) in [5.41, 5.74) is 2.72. The molecule has 3 rings (SSSR count). The van der Waals surface area contributed by atoms with Gasteiger partial charge in [-0.05, 0) is 29.8 Å². The maximum absolute atomic E-state index is 10.7. The zero-order chi connectivity index (χ0) is 14.7. The molecular weight excluding hydrogens is 286 g/mol. The van der Waals surface area contributed by atoms with E-state index < -0.39 is 5.97 Å². The van der Waals surface area contributed by atoms with E-state index in [0.29, 0.717) is 0 Å². The highest BCUT2D eigenvalue weighted by atomic mass is 32.1. The third-order valence-corrected chi connectivity index (χ3v) is 3.59. The van der Waals surface area contributed by atoms with Crippen LogP contribution in [0.25, 0.3) is 11.3 Å². The van der Waals surface area contributed by atoms with E-state index >= 15 is 0 Å². The van der Waals surface area contributed by atoms with Crippen LogP contribution in [0.3, 0.4) is 0 Å². The Hall–Kier alpha value is -2.73. The number of carboxylic acids is 1. The van der Waals surface area contributed by atoms with Crippen LogP contribution in [0.1, 0.15) is 10.4 Å². The highest BCUT2D eigenvalue weighted by molar-refractivity contribution is 7.14. The molecule has 3 aromatic rings. The van der Waals surface area contributed by atoms with E-state index in [2.05, 4.69) is 15.3 Å². The van der Waals surface area contributed by atoms with E-state index in [9.17, 15) is 9.90 Å². The largest absolute Gasteiger partial charge is 0.545 e. The molecule has 5 nitrogen and oxygen atoms in total. The molecule has 1 aromatic carbocycles. The maximum atomic E-state index is 10.7. The van der Waals surface area contributed by atoms with Gasteiger partial charge in [-0.15, -0.1) is 11.3 Å². The average Bonchev–Trinajstić information content (AvgIpc) is 2.97. The predicted octanol–water partition coefficient (Wildman–Crippen LogP) is 2.31. The molecule has 0 aliphatic heterocycles. The van der Waals surface area contributed by atoms with Crippen molar-refractivity contribution in [2.45, 2.75) is 0 Å². The van der Waals surface area contributed by atoms with Gasteiger partial charge in [-0.25, -0.2) is 4.98 Å². The summed E-state index contributed by atoms with van der Waals surface area (Å²) in [6, 6.07) is 10.1. The van der Waals surface area contributed by atoms with Gasteiger partial charge in [0, 0.05) is 29.0 Å². The number of carbonyl (C=O) groups is 1. The topological polar surface area (TPSA) is 77.9 Å². The molecule has 0 fully saturated rings. The summed E-state index contributed by atoms with van der Waals surface area (Å²) < 4.78 is 0. The molecular formula is C15H10N3O2S-. The van der Waals surface area contributed by atoms with Crippen molar-refractivity contribution in [3.8, 4) is 11.3 Å². The van der Waals surface area contributed by atoms with Gasteiger partial charge in [-0.3, -0.25) is 4.98 Å². The SMILES string of the molecule is O=C([O-])c1ccc(Nc2nc(-c3cccnc3)cs2)cc1. The molecule has 0 bridgehead atoms. The Morgan fingerprint density at radius 1 is 1.19 bits per heavy atom. The fourth-order valence-electron chi connectivity index (χ4n) is 1.79. The minimum Gasteiger partial charge on any atom is -0.545 e. The van der Waals surface area contributed by atoms with Gasteiger partial charge in [0.25, 0.3) is 0 Å². The molecule has 2 aromatic heterocycles. The fourth-order valence-corrected chi connectivity index (χ4v) is 2.53. The van der Waals surface area contributed by atoms with Gasteiger partial charge < -0.3 is 15.2 Å². The molecule has 21 heavy (non-hydrogen) atoms. The van der Waals surface area contributed by atoms with Gasteiger partial charge in [0.2, 0.25) is 0 Å². The number of anilines is 2. The lowest BCUT2D eigenvalue weighted by Crippen LogP contribution is -2.21. The number of carbonyl (C=O) groups excluding carboxylic acids is 1. The summed E-state index contributed by atoms with van der Waals surface area (Å²) in [6.45, 7) is 0. The number of hydrogen-bond acceptors (Lipinski definition) is 6. The average molecular weight is 296 g/mol. The Kier molecular flexibility index (Phi) is 3.61. The molecule has 6 heteroatoms. The number of carboxylic acid groups (broad SMARTS) is 1. The van der Waals surface area contributed by atoms with Crippen LogP contribution in [0.2, 0.25) is 0 Å². The maximum Gasteiger partial charge on any atom is 0.187 e. The molecule has 0 spiro atoms. The summed E-state index contributed by atoms with van der Waals surface area (Å²) in [7, 11) is 0. The van der Waals surface area contributed by atoms with Crippen LogP contribution < -0.4 is 10.4 Å². The minimum absolute atomic E-state index is 0.149. The van der Waals surface area contributed by atoms with Crippen LogP contribution in [0, 0.1) is 0 Å². The van der Waals surface area contributed by atoms with Crippen LogP contribution in [-0.4, -0.2) is 15.9 Å². The molecule has 0 unspecified atom stereocenters. The van der Waals surface area contributed by atoms with Crippen molar-refractivity contribution >= 4 is 28.1 Å². The zero-order valence-corrected chi connectivity index (χ0v) is 11.6. The van der Waals surface area contributed by atoms with Gasteiger partial charge in [0.05, 0.1) is 11.7 Å². The van der Waals surface area contributed by atoms with Crippen LogP contribution >= 0.6 is 11.3 Å². The van der Waals surface area contributed by atoms with Gasteiger partial charge in [-0.2, -0.15) is 0 Å². The Bertz CT molecular complexity index is 754. The van der Waals surface area contributed by atoms with Gasteiger partial charge >= 0.3 is 0 Å². The molecule has 1 N–H and O–H groups in total. The zero-order valence-electron chi connectivity index (χ0n) is 10.8. The van der Waals surface area contributed by atoms with Crippen molar-refractivity contribution in [3.63, 3.8) is 0 Å². The lowest BCUT2D eigenvalue weighted by molar-refractivity contribution is -0.255. The van der Waals surface area contributed by atoms with Crippen molar-refractivity contribution in [2.75, 3.05) is 5.32 Å². The normalized spacial score (nSPS) is 10.3. The van der Waals surface area contributed by atoms with E-state index in [0.717, 1.165) is 22.1 Å². The van der Waals surface area contributed by atoms with Crippen LogP contribution in [0.15, 0.2) is 54.2 Å². The standard InChI is InChI=1S/C15H11N3O2S/c19-14(20)10-3-5-12(6-4-10)17-15-18-13(9-21-15)11-2-1-7-16-8-11/h1-9H,(H,17,18)(H,19,20)/p-1. The number of aromatic carboxylic acids is 1. The Balaban J connectivity index is 1.77. The summed E-state index contributed by atoms with van der Waals surface area (Å²) >= 11 is 1.47. The molecule has 0 saturated heterocycles. The van der Waals surface area contributed by atoms with E-state index in [4.69, 9.17) is 0 Å². The van der Waals surface area contributed by atoms with E-state index in [1.165, 1.54) is 23.5 Å². The molecule has 0 amide bonds. The molecule has 2 heterocycles. The number of hydrogen-bond donors (Lipinski definition) is 1. The molecule has 0 aliphatic carbocycles. The van der Waals surface area contributed by atoms with Crippen molar-refractivity contribution in [2.24, 2.45) is 0 Å². The smallest absolute Gasteiger partial charge is 0.187 e. The van der Waals surface area contributed by atoms with Gasteiger partial charge in [0.1, 0.15) is 0 Å². The lowest BCUT2D eigenvalue weighted by Gasteiger charge is -2.05. The number of aromatic nitrogens is 2. The highest BCUT2D eigenvalue weighted by Gasteiger charge is 2.05. The molecule has 0 radical (unpaired) electrons. The first kappa shape index (κ1) is 13.3. The second-order valence-electron chi connectivity index (χ2n) is 4.27. The third kappa shape index (κ3) is 3.06. The Labute approximate surface area is 124 Å². The van der Waals surface area contributed by atoms with E-state index in [1.807, 2.05) is 17.5 Å². The van der Waals surface area contributed by atoms with Gasteiger partial charge in [0.15, 0.2) is 5.13 Å². The van der Waals surface area contributed by atoms with Crippen LogP contribution in [0.4, 0.5) is 10.8 Å². The molecule has 104 valence electrons. The summed E-state index contributed by atoms with van der Waals surface area (Å²) in [6.07, 6.45) is 3.47. The van der Waals surface area contributed by atoms with Crippen molar-refractivity contribution < 1.29 is 9.90 Å². The first-order valence-electron chi connectivity index (χ1n) is 6.17. The monoisotopic (exact) mass is 296 g/mol. The molecule has 0 aliphatic rings. The summed E-state index contributed by atoms with van der Waals surface area (Å²) in [5, 5.41) is 16.5. The van der Waals surface area contributed by atoms with Crippen molar-refractivity contribution in [3.05, 3.63) is 59.7 Å². The highest BCUT2D eigenvalue weighted by Crippen LogP contribution is 2.26. The fraction of sp³-hybridized carbons (Fsp3) is 0. The Morgan fingerprint density at radius 3 is 2.67 bits per heavy atom. The summed E-state index contributed by atoms with van der Waals surface area (Å²) in [5.74, 6) is -1.19. The van der Waals surface area contributed by atoms with Crippen molar-refractivity contribution in [1.29, 1.82) is 0 Å². The first-order valence-corrected chi connectivity index (χ1v) is 7.05. The molecule has 0 saturated carbocycles. The number of pyridine rings is 1.